The van der Waals surface area contributed by atoms with E-state index in [1.807, 2.05) is 17.5 Å². The van der Waals surface area contributed by atoms with Crippen LogP contribution in [0.15, 0.2) is 17.5 Å². The maximum atomic E-state index is 12.0. The Labute approximate surface area is 113 Å². The molecule has 0 atom stereocenters. The third-order valence-corrected chi connectivity index (χ3v) is 4.92. The molecular formula is C14H22N2OS. The molecule has 0 aromatic carbocycles. The standard InChI is InChI=1S/C14H22N2OS/c1-15(2)14(7-5-8-14)11-16(3)10-12(17)13-6-4-9-18-13/h4,6,9H,5,7-8,10-11H2,1-3H3. The molecule has 0 saturated heterocycles. The van der Waals surface area contributed by atoms with E-state index in [1.165, 1.54) is 30.6 Å². The Kier molecular flexibility index (Phi) is 4.20. The van der Waals surface area contributed by atoms with Gasteiger partial charge in [0.05, 0.1) is 11.4 Å². The van der Waals surface area contributed by atoms with Gasteiger partial charge in [0.15, 0.2) is 5.78 Å². The van der Waals surface area contributed by atoms with E-state index < -0.39 is 0 Å². The maximum absolute atomic E-state index is 12.0. The highest BCUT2D eigenvalue weighted by Gasteiger charge is 2.39. The second-order valence-corrected chi connectivity index (χ2v) is 6.49. The van der Waals surface area contributed by atoms with Gasteiger partial charge in [-0.15, -0.1) is 11.3 Å². The van der Waals surface area contributed by atoms with Crippen LogP contribution in [0.5, 0.6) is 0 Å². The zero-order chi connectivity index (χ0) is 13.2. The summed E-state index contributed by atoms with van der Waals surface area (Å²) in [6, 6.07) is 3.84. The van der Waals surface area contributed by atoms with Crippen LogP contribution in [0, 0.1) is 0 Å². The number of Topliss-reactive ketones (excluding diaryl/α,β-unsaturated/α-hetero) is 1. The Bertz CT molecular complexity index is 396. The highest BCUT2D eigenvalue weighted by Crippen LogP contribution is 2.36. The van der Waals surface area contributed by atoms with Gasteiger partial charge in [-0.3, -0.25) is 9.69 Å². The lowest BCUT2D eigenvalue weighted by atomic mass is 9.75. The topological polar surface area (TPSA) is 23.6 Å². The summed E-state index contributed by atoms with van der Waals surface area (Å²) >= 11 is 1.53. The van der Waals surface area contributed by atoms with Crippen LogP contribution in [0.4, 0.5) is 0 Å². The van der Waals surface area contributed by atoms with Gasteiger partial charge in [0.2, 0.25) is 0 Å². The molecule has 0 radical (unpaired) electrons. The highest BCUT2D eigenvalue weighted by molar-refractivity contribution is 7.12. The van der Waals surface area contributed by atoms with E-state index in [2.05, 4.69) is 30.9 Å². The number of rotatable bonds is 6. The van der Waals surface area contributed by atoms with Gasteiger partial charge in [0, 0.05) is 12.1 Å². The fraction of sp³-hybridized carbons (Fsp3) is 0.643. The van der Waals surface area contributed by atoms with Crippen molar-refractivity contribution in [2.75, 3.05) is 34.2 Å². The van der Waals surface area contributed by atoms with Crippen LogP contribution >= 0.6 is 11.3 Å². The van der Waals surface area contributed by atoms with Gasteiger partial charge in [0.25, 0.3) is 0 Å². The summed E-state index contributed by atoms with van der Waals surface area (Å²) < 4.78 is 0. The van der Waals surface area contributed by atoms with Gasteiger partial charge in [-0.2, -0.15) is 0 Å². The van der Waals surface area contributed by atoms with Crippen LogP contribution in [0.1, 0.15) is 28.9 Å². The minimum atomic E-state index is 0.237. The van der Waals surface area contributed by atoms with E-state index in [0.29, 0.717) is 12.1 Å². The van der Waals surface area contributed by atoms with Crippen LogP contribution in [0.25, 0.3) is 0 Å². The summed E-state index contributed by atoms with van der Waals surface area (Å²) in [5, 5.41) is 1.96. The summed E-state index contributed by atoms with van der Waals surface area (Å²) in [5.74, 6) is 0.237. The van der Waals surface area contributed by atoms with Crippen LogP contribution < -0.4 is 0 Å². The first-order chi connectivity index (χ1) is 8.53. The normalized spacial score (nSPS) is 18.1. The molecule has 1 aliphatic rings. The molecule has 0 N–H and O–H groups in total. The largest absolute Gasteiger partial charge is 0.302 e. The van der Waals surface area contributed by atoms with E-state index in [-0.39, 0.29) is 5.78 Å². The van der Waals surface area contributed by atoms with Crippen LogP contribution in [0.2, 0.25) is 0 Å². The van der Waals surface area contributed by atoms with Gasteiger partial charge in [-0.25, -0.2) is 0 Å². The molecule has 100 valence electrons. The minimum Gasteiger partial charge on any atom is -0.302 e. The number of carbonyl (C=O) groups excluding carboxylic acids is 1. The monoisotopic (exact) mass is 266 g/mol. The SMILES string of the molecule is CN(CC(=O)c1cccs1)CC1(N(C)C)CCC1. The molecule has 0 unspecified atom stereocenters. The first-order valence-corrected chi connectivity index (χ1v) is 7.34. The molecule has 4 heteroatoms. The van der Waals surface area contributed by atoms with Crippen LogP contribution in [-0.4, -0.2) is 55.4 Å². The van der Waals surface area contributed by atoms with Crippen molar-refractivity contribution < 1.29 is 4.79 Å². The Morgan fingerprint density at radius 1 is 1.39 bits per heavy atom. The van der Waals surface area contributed by atoms with Crippen molar-refractivity contribution in [1.29, 1.82) is 0 Å². The van der Waals surface area contributed by atoms with Gasteiger partial charge in [-0.1, -0.05) is 6.07 Å². The molecule has 1 aromatic rings. The Balaban J connectivity index is 1.89. The van der Waals surface area contributed by atoms with Gasteiger partial charge in [0.1, 0.15) is 0 Å². The molecule has 1 heterocycles. The number of nitrogens with zero attached hydrogens (tertiary/aromatic N) is 2. The van der Waals surface area contributed by atoms with Gasteiger partial charge in [-0.05, 0) is 51.9 Å². The molecule has 0 aliphatic heterocycles. The lowest BCUT2D eigenvalue weighted by molar-refractivity contribution is 0.0281. The molecule has 0 bridgehead atoms. The van der Waals surface area contributed by atoms with Gasteiger partial charge >= 0.3 is 0 Å². The van der Waals surface area contributed by atoms with Crippen LogP contribution in [-0.2, 0) is 0 Å². The average molecular weight is 266 g/mol. The smallest absolute Gasteiger partial charge is 0.186 e. The minimum absolute atomic E-state index is 0.237. The maximum Gasteiger partial charge on any atom is 0.186 e. The van der Waals surface area contributed by atoms with Crippen LogP contribution in [0.3, 0.4) is 0 Å². The predicted octanol–water partition coefficient (Wildman–Crippen LogP) is 2.35. The quantitative estimate of drug-likeness (QED) is 0.738. The second-order valence-electron chi connectivity index (χ2n) is 5.55. The zero-order valence-electron chi connectivity index (χ0n) is 11.5. The number of likely N-dealkylation sites (N-methyl/N-ethyl adjacent to an activating group) is 2. The van der Waals surface area contributed by atoms with E-state index >= 15 is 0 Å². The number of hydrogen-bond donors (Lipinski definition) is 0. The molecule has 1 saturated carbocycles. The van der Waals surface area contributed by atoms with E-state index in [4.69, 9.17) is 0 Å². The van der Waals surface area contributed by atoms with Crippen molar-refractivity contribution in [1.82, 2.24) is 9.80 Å². The number of hydrogen-bond acceptors (Lipinski definition) is 4. The molecule has 2 rings (SSSR count). The zero-order valence-corrected chi connectivity index (χ0v) is 12.3. The highest BCUT2D eigenvalue weighted by atomic mass is 32.1. The lowest BCUT2D eigenvalue weighted by Crippen LogP contribution is -2.57. The second kappa shape index (κ2) is 5.51. The number of ketones is 1. The van der Waals surface area contributed by atoms with Crippen molar-refractivity contribution in [3.05, 3.63) is 22.4 Å². The Hall–Kier alpha value is -0.710. The number of carbonyl (C=O) groups is 1. The lowest BCUT2D eigenvalue weighted by Gasteiger charge is -2.49. The Morgan fingerprint density at radius 3 is 2.56 bits per heavy atom. The van der Waals surface area contributed by atoms with E-state index in [1.54, 1.807) is 0 Å². The van der Waals surface area contributed by atoms with E-state index in [9.17, 15) is 4.79 Å². The fourth-order valence-corrected chi connectivity index (χ4v) is 3.31. The average Bonchev–Trinajstić information content (AvgIpc) is 2.76. The first kappa shape index (κ1) is 13.7. The summed E-state index contributed by atoms with van der Waals surface area (Å²) in [6.45, 7) is 1.51. The van der Waals surface area contributed by atoms with Crippen molar-refractivity contribution in [3.8, 4) is 0 Å². The summed E-state index contributed by atoms with van der Waals surface area (Å²) in [4.78, 5) is 17.4. The number of thiophene rings is 1. The fourth-order valence-electron chi connectivity index (χ4n) is 2.65. The van der Waals surface area contributed by atoms with Crippen molar-refractivity contribution in [2.45, 2.75) is 24.8 Å². The van der Waals surface area contributed by atoms with Crippen molar-refractivity contribution >= 4 is 17.1 Å². The van der Waals surface area contributed by atoms with Gasteiger partial charge < -0.3 is 4.90 Å². The summed E-state index contributed by atoms with van der Waals surface area (Å²) in [6.07, 6.45) is 3.81. The third kappa shape index (κ3) is 2.82. The predicted molar refractivity (Wildman–Crippen MR) is 76.4 cm³/mol. The van der Waals surface area contributed by atoms with Crippen molar-refractivity contribution in [2.24, 2.45) is 0 Å². The molecule has 3 nitrogen and oxygen atoms in total. The molecule has 0 amide bonds. The molecule has 1 aliphatic carbocycles. The summed E-state index contributed by atoms with van der Waals surface area (Å²) in [7, 11) is 6.34. The summed E-state index contributed by atoms with van der Waals surface area (Å²) in [5.41, 5.74) is 0.296. The molecule has 1 fully saturated rings. The van der Waals surface area contributed by atoms with E-state index in [0.717, 1.165) is 11.4 Å². The molecule has 0 spiro atoms. The molecule has 18 heavy (non-hydrogen) atoms. The molecule has 1 aromatic heterocycles. The Morgan fingerprint density at radius 2 is 2.11 bits per heavy atom. The van der Waals surface area contributed by atoms with Crippen molar-refractivity contribution in [3.63, 3.8) is 0 Å². The third-order valence-electron chi connectivity index (χ3n) is 4.01. The molecular weight excluding hydrogens is 244 g/mol. The first-order valence-electron chi connectivity index (χ1n) is 6.46.